The van der Waals surface area contributed by atoms with Crippen LogP contribution < -0.4 is 9.47 Å². The van der Waals surface area contributed by atoms with Gasteiger partial charge in [-0.05, 0) is 24.1 Å². The minimum atomic E-state index is 0.780. The Morgan fingerprint density at radius 2 is 1.86 bits per heavy atom. The molecule has 0 aromatic heterocycles. The molecule has 0 bridgehead atoms. The number of nitrogens with zero attached hydrogens (tertiary/aromatic N) is 2. The minimum Gasteiger partial charge on any atom is -0.493 e. The molecule has 2 aliphatic rings. The Balaban J connectivity index is 1.75. The van der Waals surface area contributed by atoms with Crippen LogP contribution in [0.4, 0.5) is 0 Å². The second-order valence-electron chi connectivity index (χ2n) is 5.65. The Bertz CT molecular complexity index is 551. The third kappa shape index (κ3) is 3.25. The lowest BCUT2D eigenvalue weighted by atomic mass is 9.95. The standard InChI is InChI=1S/C17H24N2O3/c1-20-16-11-13-3-5-18-15(14(13)12-17(16)21-2)4-6-19-7-9-22-10-8-19/h11-12H,3-10H2,1-2H3. The van der Waals surface area contributed by atoms with Crippen molar-refractivity contribution in [3.63, 3.8) is 0 Å². The highest BCUT2D eigenvalue weighted by atomic mass is 16.5. The molecule has 0 saturated carbocycles. The molecular formula is C17H24N2O3. The lowest BCUT2D eigenvalue weighted by molar-refractivity contribution is 0.0392. The summed E-state index contributed by atoms with van der Waals surface area (Å²) >= 11 is 0. The van der Waals surface area contributed by atoms with E-state index in [2.05, 4.69) is 17.0 Å². The van der Waals surface area contributed by atoms with Gasteiger partial charge < -0.3 is 14.2 Å². The number of rotatable bonds is 5. The predicted molar refractivity (Wildman–Crippen MR) is 86.5 cm³/mol. The maximum atomic E-state index is 5.44. The molecule has 1 aromatic carbocycles. The molecule has 0 aliphatic carbocycles. The Morgan fingerprint density at radius 3 is 2.59 bits per heavy atom. The van der Waals surface area contributed by atoms with Crippen molar-refractivity contribution in [1.29, 1.82) is 0 Å². The number of hydrogen-bond donors (Lipinski definition) is 0. The van der Waals surface area contributed by atoms with Crippen molar-refractivity contribution in [3.05, 3.63) is 23.3 Å². The summed E-state index contributed by atoms with van der Waals surface area (Å²) in [5, 5.41) is 0. The minimum absolute atomic E-state index is 0.780. The zero-order valence-electron chi connectivity index (χ0n) is 13.4. The summed E-state index contributed by atoms with van der Waals surface area (Å²) in [5.74, 6) is 1.58. The summed E-state index contributed by atoms with van der Waals surface area (Å²) in [7, 11) is 3.36. The molecule has 0 amide bonds. The number of fused-ring (bicyclic) bond motifs is 1. The van der Waals surface area contributed by atoms with E-state index in [1.165, 1.54) is 16.8 Å². The average Bonchev–Trinajstić information content (AvgIpc) is 2.59. The van der Waals surface area contributed by atoms with Gasteiger partial charge in [0.2, 0.25) is 0 Å². The van der Waals surface area contributed by atoms with E-state index in [1.54, 1.807) is 14.2 Å². The van der Waals surface area contributed by atoms with E-state index in [9.17, 15) is 0 Å². The molecule has 2 heterocycles. The number of hydrogen-bond acceptors (Lipinski definition) is 5. The SMILES string of the molecule is COc1cc2c(cc1OC)C(CCN1CCOCC1)=NCC2. The number of morpholine rings is 1. The van der Waals surface area contributed by atoms with E-state index in [1.807, 2.05) is 0 Å². The summed E-state index contributed by atoms with van der Waals surface area (Å²) < 4.78 is 16.2. The van der Waals surface area contributed by atoms with Gasteiger partial charge in [-0.15, -0.1) is 0 Å². The lowest BCUT2D eigenvalue weighted by Crippen LogP contribution is -2.37. The van der Waals surface area contributed by atoms with Gasteiger partial charge in [-0.1, -0.05) is 0 Å². The van der Waals surface area contributed by atoms with Gasteiger partial charge in [0.05, 0.1) is 27.4 Å². The molecule has 1 saturated heterocycles. The summed E-state index contributed by atoms with van der Waals surface area (Å²) in [6.07, 6.45) is 1.94. The van der Waals surface area contributed by atoms with E-state index >= 15 is 0 Å². The molecule has 0 N–H and O–H groups in total. The molecule has 5 nitrogen and oxygen atoms in total. The molecule has 0 atom stereocenters. The smallest absolute Gasteiger partial charge is 0.161 e. The van der Waals surface area contributed by atoms with Crippen molar-refractivity contribution in [2.24, 2.45) is 4.99 Å². The van der Waals surface area contributed by atoms with Gasteiger partial charge in [0.25, 0.3) is 0 Å². The number of methoxy groups -OCH3 is 2. The molecule has 2 aliphatic heterocycles. The molecule has 1 aromatic rings. The monoisotopic (exact) mass is 304 g/mol. The summed E-state index contributed by atoms with van der Waals surface area (Å²) in [5.41, 5.74) is 3.72. The van der Waals surface area contributed by atoms with Gasteiger partial charge in [-0.3, -0.25) is 9.89 Å². The highest BCUT2D eigenvalue weighted by Crippen LogP contribution is 2.33. The Kier molecular flexibility index (Phi) is 4.95. The van der Waals surface area contributed by atoms with Crippen LogP contribution in [0, 0.1) is 0 Å². The zero-order chi connectivity index (χ0) is 15.4. The summed E-state index contributed by atoms with van der Waals surface area (Å²) in [4.78, 5) is 7.19. The van der Waals surface area contributed by atoms with Crippen LogP contribution in [-0.2, 0) is 11.2 Å². The maximum absolute atomic E-state index is 5.44. The van der Waals surface area contributed by atoms with Gasteiger partial charge in [-0.25, -0.2) is 0 Å². The van der Waals surface area contributed by atoms with Crippen LogP contribution in [-0.4, -0.2) is 64.2 Å². The molecule has 1 fully saturated rings. The lowest BCUT2D eigenvalue weighted by Gasteiger charge is -2.27. The first-order valence-corrected chi connectivity index (χ1v) is 7.90. The summed E-state index contributed by atoms with van der Waals surface area (Å²) in [6, 6.07) is 4.17. The third-order valence-electron chi connectivity index (χ3n) is 4.37. The Morgan fingerprint density at radius 1 is 1.14 bits per heavy atom. The van der Waals surface area contributed by atoms with Crippen LogP contribution in [0.2, 0.25) is 0 Å². The fourth-order valence-corrected chi connectivity index (χ4v) is 3.10. The van der Waals surface area contributed by atoms with Gasteiger partial charge in [0, 0.05) is 43.9 Å². The molecule has 3 rings (SSSR count). The molecule has 22 heavy (non-hydrogen) atoms. The van der Waals surface area contributed by atoms with Crippen molar-refractivity contribution in [2.75, 3.05) is 53.6 Å². The van der Waals surface area contributed by atoms with E-state index in [-0.39, 0.29) is 0 Å². The molecular weight excluding hydrogens is 280 g/mol. The van der Waals surface area contributed by atoms with Crippen LogP contribution in [0.25, 0.3) is 0 Å². The van der Waals surface area contributed by atoms with Crippen LogP contribution in [0.15, 0.2) is 17.1 Å². The second-order valence-corrected chi connectivity index (χ2v) is 5.65. The van der Waals surface area contributed by atoms with Crippen LogP contribution in [0.5, 0.6) is 11.5 Å². The molecule has 0 radical (unpaired) electrons. The fourth-order valence-electron chi connectivity index (χ4n) is 3.10. The number of ether oxygens (including phenoxy) is 3. The van der Waals surface area contributed by atoms with E-state index in [4.69, 9.17) is 19.2 Å². The first-order chi connectivity index (χ1) is 10.8. The quantitative estimate of drug-likeness (QED) is 0.831. The van der Waals surface area contributed by atoms with Crippen molar-refractivity contribution in [1.82, 2.24) is 4.90 Å². The fraction of sp³-hybridized carbons (Fsp3) is 0.588. The van der Waals surface area contributed by atoms with Crippen molar-refractivity contribution >= 4 is 5.71 Å². The van der Waals surface area contributed by atoms with Crippen molar-refractivity contribution < 1.29 is 14.2 Å². The second kappa shape index (κ2) is 7.11. The molecule has 0 spiro atoms. The van der Waals surface area contributed by atoms with E-state index in [0.29, 0.717) is 0 Å². The van der Waals surface area contributed by atoms with E-state index < -0.39 is 0 Å². The Labute approximate surface area is 131 Å². The van der Waals surface area contributed by atoms with Gasteiger partial charge in [0.15, 0.2) is 11.5 Å². The normalized spacial score (nSPS) is 18.5. The molecule has 120 valence electrons. The van der Waals surface area contributed by atoms with E-state index in [0.717, 1.165) is 63.7 Å². The van der Waals surface area contributed by atoms with Gasteiger partial charge in [0.1, 0.15) is 0 Å². The van der Waals surface area contributed by atoms with Crippen LogP contribution >= 0.6 is 0 Å². The highest BCUT2D eigenvalue weighted by Gasteiger charge is 2.19. The largest absolute Gasteiger partial charge is 0.493 e. The highest BCUT2D eigenvalue weighted by molar-refractivity contribution is 6.03. The third-order valence-corrected chi connectivity index (χ3v) is 4.37. The van der Waals surface area contributed by atoms with Crippen LogP contribution in [0.1, 0.15) is 17.5 Å². The maximum Gasteiger partial charge on any atom is 0.161 e. The summed E-state index contributed by atoms with van der Waals surface area (Å²) in [6.45, 7) is 5.62. The van der Waals surface area contributed by atoms with Crippen molar-refractivity contribution in [2.45, 2.75) is 12.8 Å². The van der Waals surface area contributed by atoms with Crippen LogP contribution in [0.3, 0.4) is 0 Å². The zero-order valence-corrected chi connectivity index (χ0v) is 13.4. The molecule has 0 unspecified atom stereocenters. The predicted octanol–water partition coefficient (Wildman–Crippen LogP) is 1.77. The topological polar surface area (TPSA) is 43.3 Å². The van der Waals surface area contributed by atoms with Gasteiger partial charge >= 0.3 is 0 Å². The van der Waals surface area contributed by atoms with Crippen molar-refractivity contribution in [3.8, 4) is 11.5 Å². The first kappa shape index (κ1) is 15.3. The van der Waals surface area contributed by atoms with Gasteiger partial charge in [-0.2, -0.15) is 0 Å². The first-order valence-electron chi connectivity index (χ1n) is 7.90. The molecule has 5 heteroatoms. The number of aliphatic imine (C=N–C) groups is 1. The number of benzene rings is 1. The Hall–Kier alpha value is -1.59. The average molecular weight is 304 g/mol.